The van der Waals surface area contributed by atoms with Crippen LogP contribution in [0.5, 0.6) is 11.5 Å². The van der Waals surface area contributed by atoms with E-state index >= 15 is 0 Å². The van der Waals surface area contributed by atoms with Crippen LogP contribution >= 0.6 is 11.8 Å². The number of nitrogens with two attached hydrogens (primary N) is 1. The van der Waals surface area contributed by atoms with Gasteiger partial charge in [-0.25, -0.2) is 0 Å². The number of nitrogens with zero attached hydrogens (tertiary/aromatic N) is 3. The Hall–Kier alpha value is -3.07. The molecule has 0 aliphatic rings. The van der Waals surface area contributed by atoms with E-state index in [9.17, 15) is 20.3 Å². The van der Waals surface area contributed by atoms with E-state index in [1.165, 1.54) is 18.0 Å². The van der Waals surface area contributed by atoms with Gasteiger partial charge in [0.05, 0.1) is 11.1 Å². The third kappa shape index (κ3) is 4.71. The van der Waals surface area contributed by atoms with Crippen molar-refractivity contribution in [2.75, 3.05) is 0 Å². The van der Waals surface area contributed by atoms with E-state index in [2.05, 4.69) is 10.2 Å². The quantitative estimate of drug-likeness (QED) is 0.250. The molecule has 0 aliphatic carbocycles. The van der Waals surface area contributed by atoms with Gasteiger partial charge < -0.3 is 15.9 Å². The van der Waals surface area contributed by atoms with Crippen LogP contribution in [-0.4, -0.2) is 26.5 Å². The lowest BCUT2D eigenvalue weighted by Gasteiger charge is -2.01. The number of phenolic OH excluding ortho intramolecular Hbond substituents is 2. The van der Waals surface area contributed by atoms with Gasteiger partial charge in [-0.2, -0.15) is 5.10 Å². The summed E-state index contributed by atoms with van der Waals surface area (Å²) in [5, 5.41) is 37.4. The maximum atomic E-state index is 10.8. The maximum absolute atomic E-state index is 10.8. The number of hydrogen-bond donors (Lipinski definition) is 3. The van der Waals surface area contributed by atoms with E-state index in [1.54, 1.807) is 0 Å². The molecule has 0 unspecified atom stereocenters. The lowest BCUT2D eigenvalue weighted by Crippen LogP contribution is -2.06. The summed E-state index contributed by atoms with van der Waals surface area (Å²) in [7, 11) is 0. The first-order valence-electron chi connectivity index (χ1n) is 6.71. The smallest absolute Gasteiger partial charge is 0.315 e. The van der Waals surface area contributed by atoms with Crippen molar-refractivity contribution in [3.8, 4) is 11.5 Å². The molecule has 2 aromatic rings. The minimum Gasteiger partial charge on any atom is -0.504 e. The largest absolute Gasteiger partial charge is 0.504 e. The van der Waals surface area contributed by atoms with Crippen LogP contribution in [-0.2, 0) is 5.75 Å². The zero-order valence-electron chi connectivity index (χ0n) is 12.4. The van der Waals surface area contributed by atoms with Crippen molar-refractivity contribution < 1.29 is 15.1 Å². The number of aromatic hydroxyl groups is 2. The second kappa shape index (κ2) is 7.97. The van der Waals surface area contributed by atoms with Crippen molar-refractivity contribution in [3.63, 3.8) is 0 Å². The molecule has 4 N–H and O–H groups in total. The summed E-state index contributed by atoms with van der Waals surface area (Å²) in [6.45, 7) is 0. The average Bonchev–Trinajstić information content (AvgIpc) is 2.56. The van der Waals surface area contributed by atoms with E-state index in [4.69, 9.17) is 5.73 Å². The Bertz CT molecular complexity index is 794. The van der Waals surface area contributed by atoms with Crippen molar-refractivity contribution in [2.24, 2.45) is 15.9 Å². The first-order chi connectivity index (χ1) is 11.5. The molecule has 0 spiro atoms. The fraction of sp³-hybridized carbons (Fsp3) is 0.0667. The molecular formula is C15H14N4O4S. The summed E-state index contributed by atoms with van der Waals surface area (Å²) in [5.74, 6) is -0.767. The van der Waals surface area contributed by atoms with Crippen LogP contribution in [0.3, 0.4) is 0 Å². The highest BCUT2D eigenvalue weighted by atomic mass is 32.2. The normalized spacial score (nSPS) is 11.8. The molecule has 0 aromatic heterocycles. The number of rotatable bonds is 5. The average molecular weight is 346 g/mol. The predicted molar refractivity (Wildman–Crippen MR) is 93.4 cm³/mol. The van der Waals surface area contributed by atoms with Crippen LogP contribution in [0.25, 0.3) is 0 Å². The molecule has 9 heteroatoms. The minimum absolute atomic E-state index is 0.210. The van der Waals surface area contributed by atoms with Gasteiger partial charge in [0.2, 0.25) is 5.75 Å². The number of amidine groups is 1. The van der Waals surface area contributed by atoms with Gasteiger partial charge in [0.25, 0.3) is 0 Å². The van der Waals surface area contributed by atoms with Crippen molar-refractivity contribution in [1.82, 2.24) is 0 Å². The van der Waals surface area contributed by atoms with Gasteiger partial charge in [0.1, 0.15) is 0 Å². The summed E-state index contributed by atoms with van der Waals surface area (Å²) in [6.07, 6.45) is 1.20. The van der Waals surface area contributed by atoms with Crippen LogP contribution in [0.4, 0.5) is 5.69 Å². The molecule has 0 atom stereocenters. The highest BCUT2D eigenvalue weighted by Crippen LogP contribution is 2.35. The molecule has 0 saturated heterocycles. The van der Waals surface area contributed by atoms with Crippen LogP contribution in [0, 0.1) is 10.1 Å². The molecular weight excluding hydrogens is 332 g/mol. The molecule has 0 aliphatic heterocycles. The highest BCUT2D eigenvalue weighted by Gasteiger charge is 2.18. The molecule has 0 bridgehead atoms. The Balaban J connectivity index is 2.03. The molecule has 0 saturated carbocycles. The Morgan fingerprint density at radius 2 is 2.00 bits per heavy atom. The van der Waals surface area contributed by atoms with E-state index in [0.29, 0.717) is 5.75 Å². The fourth-order valence-corrected chi connectivity index (χ4v) is 2.36. The first-order valence-corrected chi connectivity index (χ1v) is 7.69. The maximum Gasteiger partial charge on any atom is 0.315 e. The number of hydrogen-bond acceptors (Lipinski definition) is 7. The lowest BCUT2D eigenvalue weighted by atomic mass is 10.2. The van der Waals surface area contributed by atoms with Crippen LogP contribution < -0.4 is 5.73 Å². The molecule has 8 nitrogen and oxygen atoms in total. The van der Waals surface area contributed by atoms with Gasteiger partial charge in [-0.1, -0.05) is 42.1 Å². The Morgan fingerprint density at radius 3 is 2.67 bits per heavy atom. The van der Waals surface area contributed by atoms with E-state index in [1.807, 2.05) is 30.3 Å². The molecule has 2 aromatic carbocycles. The van der Waals surface area contributed by atoms with Crippen molar-refractivity contribution in [1.29, 1.82) is 0 Å². The van der Waals surface area contributed by atoms with E-state index in [0.717, 1.165) is 17.7 Å². The summed E-state index contributed by atoms with van der Waals surface area (Å²) in [5.41, 5.74) is 6.40. The Morgan fingerprint density at radius 1 is 1.29 bits per heavy atom. The van der Waals surface area contributed by atoms with E-state index in [-0.39, 0.29) is 10.7 Å². The van der Waals surface area contributed by atoms with Crippen LogP contribution in [0.15, 0.2) is 52.7 Å². The van der Waals surface area contributed by atoms with Gasteiger partial charge in [-0.15, -0.1) is 5.10 Å². The van der Waals surface area contributed by atoms with Gasteiger partial charge >= 0.3 is 5.69 Å². The number of thioether (sulfide) groups is 1. The lowest BCUT2D eigenvalue weighted by molar-refractivity contribution is -0.386. The summed E-state index contributed by atoms with van der Waals surface area (Å²) in [4.78, 5) is 9.96. The molecule has 0 fully saturated rings. The third-order valence-corrected chi connectivity index (χ3v) is 3.74. The fourth-order valence-electron chi connectivity index (χ4n) is 1.75. The number of nitro groups is 1. The first kappa shape index (κ1) is 17.3. The van der Waals surface area contributed by atoms with Crippen LogP contribution in [0.2, 0.25) is 0 Å². The summed E-state index contributed by atoms with van der Waals surface area (Å²) >= 11 is 1.29. The summed E-state index contributed by atoms with van der Waals surface area (Å²) < 4.78 is 0. The number of phenols is 2. The number of nitro benzene ring substituents is 1. The second-order valence-electron chi connectivity index (χ2n) is 4.62. The standard InChI is InChI=1S/C15H14N4O4S/c16-15(24-9-10-4-2-1-3-5-10)18-17-8-11-6-12(19(22)23)14(21)13(20)7-11/h1-8,20-21H,9H2,(H2,16,18). The SMILES string of the molecule is NC(=NN=Cc1cc(O)c(O)c([N+](=O)[O-])c1)SCc1ccccc1. The Labute approximate surface area is 141 Å². The summed E-state index contributed by atoms with van der Waals surface area (Å²) in [6, 6.07) is 11.9. The monoisotopic (exact) mass is 346 g/mol. The second-order valence-corrected chi connectivity index (χ2v) is 5.62. The zero-order valence-corrected chi connectivity index (χ0v) is 13.2. The van der Waals surface area contributed by atoms with Crippen LogP contribution in [0.1, 0.15) is 11.1 Å². The van der Waals surface area contributed by atoms with Gasteiger partial charge in [-0.3, -0.25) is 10.1 Å². The predicted octanol–water partition coefficient (Wildman–Crippen LogP) is 2.59. The molecule has 124 valence electrons. The van der Waals surface area contributed by atoms with Gasteiger partial charge in [0.15, 0.2) is 10.9 Å². The van der Waals surface area contributed by atoms with Crippen molar-refractivity contribution in [3.05, 3.63) is 63.7 Å². The van der Waals surface area contributed by atoms with E-state index < -0.39 is 22.1 Å². The molecule has 2 rings (SSSR count). The number of benzene rings is 2. The van der Waals surface area contributed by atoms with Crippen molar-refractivity contribution in [2.45, 2.75) is 5.75 Å². The molecule has 0 amide bonds. The minimum atomic E-state index is -0.806. The topological polar surface area (TPSA) is 134 Å². The zero-order chi connectivity index (χ0) is 17.5. The molecule has 0 heterocycles. The molecule has 24 heavy (non-hydrogen) atoms. The van der Waals surface area contributed by atoms with Crippen molar-refractivity contribution >= 4 is 28.8 Å². The third-order valence-electron chi connectivity index (χ3n) is 2.88. The highest BCUT2D eigenvalue weighted by molar-refractivity contribution is 8.13. The Kier molecular flexibility index (Phi) is 5.74. The van der Waals surface area contributed by atoms with Gasteiger partial charge in [-0.05, 0) is 11.6 Å². The van der Waals surface area contributed by atoms with Gasteiger partial charge in [0, 0.05) is 17.4 Å². The molecule has 0 radical (unpaired) electrons.